The first-order valence-corrected chi connectivity index (χ1v) is 3.94. The third kappa shape index (κ3) is 1.77. The molecule has 0 bridgehead atoms. The van der Waals surface area contributed by atoms with E-state index in [0.29, 0.717) is 0 Å². The average Bonchev–Trinajstić information content (AvgIpc) is 2.04. The van der Waals surface area contributed by atoms with Crippen LogP contribution in [-0.2, 0) is 0 Å². The van der Waals surface area contributed by atoms with Gasteiger partial charge in [0.2, 0.25) is 0 Å². The van der Waals surface area contributed by atoms with Crippen molar-refractivity contribution in [3.63, 3.8) is 0 Å². The fourth-order valence-corrected chi connectivity index (χ4v) is 1.19. The van der Waals surface area contributed by atoms with Gasteiger partial charge in [0.1, 0.15) is 4.99 Å². The zero-order chi connectivity index (χ0) is 8.27. The zero-order valence-electron chi connectivity index (χ0n) is 6.72. The number of hydrogen-bond acceptors (Lipinski definition) is 1. The van der Waals surface area contributed by atoms with E-state index < -0.39 is 0 Å². The highest BCUT2D eigenvalue weighted by atomic mass is 32.1. The minimum absolute atomic E-state index is 0.808. The summed E-state index contributed by atoms with van der Waals surface area (Å²) in [5.74, 6) is 0. The Hall–Kier alpha value is -0.890. The van der Waals surface area contributed by atoms with Gasteiger partial charge in [-0.1, -0.05) is 36.5 Å². The second-order valence-corrected chi connectivity index (χ2v) is 2.80. The van der Waals surface area contributed by atoms with Crippen LogP contribution in [0.5, 0.6) is 0 Å². The molecule has 1 N–H and O–H groups in total. The lowest BCUT2D eigenvalue weighted by Crippen LogP contribution is -2.17. The van der Waals surface area contributed by atoms with E-state index in [1.54, 1.807) is 0 Å². The van der Waals surface area contributed by atoms with Crippen LogP contribution in [0.15, 0.2) is 24.3 Å². The Kier molecular flexibility index (Phi) is 2.60. The summed E-state index contributed by atoms with van der Waals surface area (Å²) in [6, 6.07) is 8.08. The molecule has 0 unspecified atom stereocenters. The lowest BCUT2D eigenvalue weighted by molar-refractivity contribution is 1.20. The van der Waals surface area contributed by atoms with Crippen molar-refractivity contribution in [2.45, 2.75) is 6.92 Å². The van der Waals surface area contributed by atoms with Crippen molar-refractivity contribution in [1.29, 1.82) is 0 Å². The summed E-state index contributed by atoms with van der Waals surface area (Å²) in [5.41, 5.74) is 2.33. The lowest BCUT2D eigenvalue weighted by Gasteiger charge is -2.05. The van der Waals surface area contributed by atoms with E-state index in [-0.39, 0.29) is 0 Å². The standard InChI is InChI=1S/C9H11NS/c1-7-5-3-4-6-8(7)9(11)10-2/h3-6H,1-2H3,(H,10,11). The molecule has 1 aromatic rings. The fraction of sp³-hybridized carbons (Fsp3) is 0.222. The van der Waals surface area contributed by atoms with Gasteiger partial charge in [-0.15, -0.1) is 0 Å². The molecule has 0 aromatic heterocycles. The van der Waals surface area contributed by atoms with Crippen LogP contribution < -0.4 is 5.32 Å². The van der Waals surface area contributed by atoms with Crippen molar-refractivity contribution in [3.05, 3.63) is 35.4 Å². The summed E-state index contributed by atoms with van der Waals surface area (Å²) < 4.78 is 0. The van der Waals surface area contributed by atoms with Gasteiger partial charge in [0, 0.05) is 12.6 Å². The van der Waals surface area contributed by atoms with Crippen molar-refractivity contribution >= 4 is 17.2 Å². The summed E-state index contributed by atoms with van der Waals surface area (Å²) in [4.78, 5) is 0.808. The molecule has 0 aliphatic carbocycles. The number of rotatable bonds is 1. The van der Waals surface area contributed by atoms with E-state index in [0.717, 1.165) is 10.6 Å². The van der Waals surface area contributed by atoms with E-state index in [4.69, 9.17) is 12.2 Å². The normalized spacial score (nSPS) is 9.27. The number of aryl methyl sites for hydroxylation is 1. The highest BCUT2D eigenvalue weighted by molar-refractivity contribution is 7.80. The quantitative estimate of drug-likeness (QED) is 0.638. The Labute approximate surface area is 72.4 Å². The van der Waals surface area contributed by atoms with Crippen molar-refractivity contribution < 1.29 is 0 Å². The summed E-state index contributed by atoms with van der Waals surface area (Å²) in [7, 11) is 1.84. The Morgan fingerprint density at radius 1 is 1.36 bits per heavy atom. The topological polar surface area (TPSA) is 12.0 Å². The molecule has 0 spiro atoms. The van der Waals surface area contributed by atoms with Crippen molar-refractivity contribution in [3.8, 4) is 0 Å². The third-order valence-corrected chi connectivity index (χ3v) is 2.04. The Balaban J connectivity index is 3.03. The Morgan fingerprint density at radius 3 is 2.55 bits per heavy atom. The maximum Gasteiger partial charge on any atom is 0.106 e. The highest BCUT2D eigenvalue weighted by Crippen LogP contribution is 2.06. The van der Waals surface area contributed by atoms with Crippen LogP contribution in [-0.4, -0.2) is 12.0 Å². The minimum Gasteiger partial charge on any atom is -0.379 e. The summed E-state index contributed by atoms with van der Waals surface area (Å²) in [6.45, 7) is 2.05. The first-order valence-electron chi connectivity index (χ1n) is 3.53. The van der Waals surface area contributed by atoms with Gasteiger partial charge in [0.05, 0.1) is 0 Å². The molecule has 0 aliphatic rings. The molecule has 0 radical (unpaired) electrons. The minimum atomic E-state index is 0.808. The molecule has 0 saturated carbocycles. The summed E-state index contributed by atoms with van der Waals surface area (Å²) in [5, 5.41) is 2.95. The molecule has 0 aliphatic heterocycles. The van der Waals surface area contributed by atoms with Gasteiger partial charge in [0.15, 0.2) is 0 Å². The van der Waals surface area contributed by atoms with Crippen LogP contribution in [0.2, 0.25) is 0 Å². The first-order chi connectivity index (χ1) is 5.25. The second kappa shape index (κ2) is 3.49. The predicted octanol–water partition coefficient (Wildman–Crippen LogP) is 1.89. The number of nitrogens with one attached hydrogen (secondary N) is 1. The van der Waals surface area contributed by atoms with E-state index in [1.165, 1.54) is 5.56 Å². The van der Waals surface area contributed by atoms with Gasteiger partial charge < -0.3 is 5.32 Å². The molecular weight excluding hydrogens is 154 g/mol. The lowest BCUT2D eigenvalue weighted by atomic mass is 10.1. The van der Waals surface area contributed by atoms with Gasteiger partial charge in [-0.3, -0.25) is 0 Å². The number of thiocarbonyl (C=S) groups is 1. The maximum absolute atomic E-state index is 5.10. The molecular formula is C9H11NS. The average molecular weight is 165 g/mol. The van der Waals surface area contributed by atoms with Crippen molar-refractivity contribution in [1.82, 2.24) is 5.32 Å². The van der Waals surface area contributed by atoms with Gasteiger partial charge >= 0.3 is 0 Å². The van der Waals surface area contributed by atoms with Crippen molar-refractivity contribution in [2.75, 3.05) is 7.05 Å². The van der Waals surface area contributed by atoms with E-state index in [9.17, 15) is 0 Å². The van der Waals surface area contributed by atoms with Crippen LogP contribution in [0.4, 0.5) is 0 Å². The van der Waals surface area contributed by atoms with Gasteiger partial charge in [0.25, 0.3) is 0 Å². The Bertz CT molecular complexity index is 268. The van der Waals surface area contributed by atoms with Crippen LogP contribution in [0.25, 0.3) is 0 Å². The number of hydrogen-bond donors (Lipinski definition) is 1. The molecule has 0 amide bonds. The summed E-state index contributed by atoms with van der Waals surface area (Å²) in [6.07, 6.45) is 0. The predicted molar refractivity (Wildman–Crippen MR) is 51.9 cm³/mol. The molecule has 0 heterocycles. The molecule has 0 saturated heterocycles. The fourth-order valence-electron chi connectivity index (χ4n) is 0.962. The molecule has 1 nitrogen and oxygen atoms in total. The molecule has 58 valence electrons. The third-order valence-electron chi connectivity index (χ3n) is 1.62. The van der Waals surface area contributed by atoms with Crippen LogP contribution in [0.3, 0.4) is 0 Å². The van der Waals surface area contributed by atoms with Gasteiger partial charge in [-0.25, -0.2) is 0 Å². The summed E-state index contributed by atoms with van der Waals surface area (Å²) >= 11 is 5.10. The maximum atomic E-state index is 5.10. The largest absolute Gasteiger partial charge is 0.379 e. The SMILES string of the molecule is CNC(=S)c1ccccc1C. The second-order valence-electron chi connectivity index (χ2n) is 2.39. The molecule has 11 heavy (non-hydrogen) atoms. The molecule has 1 rings (SSSR count). The van der Waals surface area contributed by atoms with Gasteiger partial charge in [-0.05, 0) is 12.5 Å². The van der Waals surface area contributed by atoms with E-state index >= 15 is 0 Å². The van der Waals surface area contributed by atoms with Gasteiger partial charge in [-0.2, -0.15) is 0 Å². The first kappa shape index (κ1) is 8.21. The van der Waals surface area contributed by atoms with Crippen LogP contribution >= 0.6 is 12.2 Å². The smallest absolute Gasteiger partial charge is 0.106 e. The zero-order valence-corrected chi connectivity index (χ0v) is 7.53. The number of benzene rings is 1. The van der Waals surface area contributed by atoms with E-state index in [2.05, 4.69) is 18.3 Å². The van der Waals surface area contributed by atoms with E-state index in [1.807, 2.05) is 25.2 Å². The molecule has 0 fully saturated rings. The monoisotopic (exact) mass is 165 g/mol. The molecule has 1 aromatic carbocycles. The Morgan fingerprint density at radius 2 is 2.00 bits per heavy atom. The molecule has 0 atom stereocenters. The highest BCUT2D eigenvalue weighted by Gasteiger charge is 1.99. The van der Waals surface area contributed by atoms with Crippen LogP contribution in [0, 0.1) is 6.92 Å². The van der Waals surface area contributed by atoms with Crippen LogP contribution in [0.1, 0.15) is 11.1 Å². The molecule has 2 heteroatoms. The van der Waals surface area contributed by atoms with Crippen molar-refractivity contribution in [2.24, 2.45) is 0 Å².